The zero-order valence-corrected chi connectivity index (χ0v) is 39.5. The molecule has 11 rings (SSSR count). The summed E-state index contributed by atoms with van der Waals surface area (Å²) >= 11 is 0. The highest BCUT2D eigenvalue weighted by atomic mass is 19.3. The van der Waals surface area contributed by atoms with Crippen LogP contribution in [0, 0.1) is 5.92 Å². The number of imide groups is 1. The van der Waals surface area contributed by atoms with Crippen molar-refractivity contribution in [3.63, 3.8) is 0 Å². The summed E-state index contributed by atoms with van der Waals surface area (Å²) in [6, 6.07) is 10.9. The maximum atomic E-state index is 15.2. The predicted octanol–water partition coefficient (Wildman–Crippen LogP) is 6.31. The van der Waals surface area contributed by atoms with E-state index in [1.807, 2.05) is 27.5 Å². The van der Waals surface area contributed by atoms with E-state index in [2.05, 4.69) is 35.7 Å². The fourth-order valence-corrected chi connectivity index (χ4v) is 11.8. The number of rotatable bonds is 10. The van der Waals surface area contributed by atoms with Crippen molar-refractivity contribution in [3.05, 3.63) is 93.4 Å². The van der Waals surface area contributed by atoms with Gasteiger partial charge in [-0.1, -0.05) is 6.07 Å². The van der Waals surface area contributed by atoms with Gasteiger partial charge in [-0.2, -0.15) is 5.10 Å². The Labute approximate surface area is 398 Å². The third-order valence-electron chi connectivity index (χ3n) is 15.6. The number of nitrogens with zero attached hydrogens (tertiary/aromatic N) is 10. The van der Waals surface area contributed by atoms with E-state index in [-0.39, 0.29) is 35.5 Å². The van der Waals surface area contributed by atoms with Gasteiger partial charge in [0.05, 0.1) is 36.9 Å². The summed E-state index contributed by atoms with van der Waals surface area (Å²) in [4.78, 5) is 64.0. The minimum Gasteiger partial charge on any atom is -0.495 e. The van der Waals surface area contributed by atoms with Crippen LogP contribution in [0.4, 0.5) is 20.3 Å². The highest BCUT2D eigenvalue weighted by molar-refractivity contribution is 6.00. The molecule has 18 heteroatoms. The molecule has 3 amide bonds. The second-order valence-corrected chi connectivity index (χ2v) is 19.7. The van der Waals surface area contributed by atoms with Crippen molar-refractivity contribution in [2.24, 2.45) is 13.0 Å². The first kappa shape index (κ1) is 45.1. The summed E-state index contributed by atoms with van der Waals surface area (Å²) < 4.78 is 43.3. The van der Waals surface area contributed by atoms with Crippen molar-refractivity contribution in [2.45, 2.75) is 96.3 Å². The van der Waals surface area contributed by atoms with E-state index in [1.165, 1.54) is 4.57 Å². The Morgan fingerprint density at radius 1 is 0.899 bits per heavy atom. The third-order valence-corrected chi connectivity index (χ3v) is 15.6. The Hall–Kier alpha value is -6.40. The number of benzene rings is 2. The van der Waals surface area contributed by atoms with Crippen LogP contribution in [0.5, 0.6) is 5.75 Å². The molecule has 3 saturated heterocycles. The molecule has 6 aromatic rings. The average molecular weight is 944 g/mol. The van der Waals surface area contributed by atoms with Gasteiger partial charge in [-0.3, -0.25) is 38.4 Å². The largest absolute Gasteiger partial charge is 0.495 e. The van der Waals surface area contributed by atoms with Crippen molar-refractivity contribution >= 4 is 45.9 Å². The average Bonchev–Trinajstić information content (AvgIpc) is 4.05. The molecule has 2 aromatic carbocycles. The second-order valence-electron chi connectivity index (χ2n) is 19.7. The molecule has 69 heavy (non-hydrogen) atoms. The third kappa shape index (κ3) is 8.28. The minimum absolute atomic E-state index is 0.0133. The monoisotopic (exact) mass is 943 g/mol. The van der Waals surface area contributed by atoms with Gasteiger partial charge < -0.3 is 23.8 Å². The summed E-state index contributed by atoms with van der Waals surface area (Å²) in [5.41, 5.74) is 7.81. The lowest BCUT2D eigenvalue weighted by Gasteiger charge is -2.38. The Balaban J connectivity index is 0.766. The van der Waals surface area contributed by atoms with Gasteiger partial charge in [-0.15, -0.1) is 0 Å². The quantitative estimate of drug-likeness (QED) is 0.155. The number of likely N-dealkylation sites (tertiary alicyclic amines) is 2. The van der Waals surface area contributed by atoms with Gasteiger partial charge in [-0.05, 0) is 111 Å². The molecule has 0 radical (unpaired) electrons. The van der Waals surface area contributed by atoms with Gasteiger partial charge in [0.2, 0.25) is 17.7 Å². The molecule has 1 unspecified atom stereocenters. The Morgan fingerprint density at radius 3 is 2.45 bits per heavy atom. The number of methoxy groups -OCH3 is 1. The lowest BCUT2D eigenvalue weighted by atomic mass is 9.91. The number of pyridine rings is 1. The minimum atomic E-state index is -2.73. The van der Waals surface area contributed by atoms with Gasteiger partial charge in [-0.25, -0.2) is 18.6 Å². The zero-order chi connectivity index (χ0) is 47.7. The number of aryl methyl sites for hydroxylation is 2. The summed E-state index contributed by atoms with van der Waals surface area (Å²) in [6.07, 6.45) is 9.42. The predicted molar refractivity (Wildman–Crippen MR) is 256 cm³/mol. The first-order valence-electron chi connectivity index (χ1n) is 24.5. The molecule has 16 nitrogen and oxygen atoms in total. The number of ether oxygens (including phenoxy) is 1. The van der Waals surface area contributed by atoms with Gasteiger partial charge in [0.15, 0.2) is 5.82 Å². The van der Waals surface area contributed by atoms with Crippen molar-refractivity contribution in [3.8, 4) is 16.9 Å². The number of imidazole rings is 2. The zero-order valence-electron chi connectivity index (χ0n) is 39.5. The van der Waals surface area contributed by atoms with Crippen molar-refractivity contribution < 1.29 is 27.9 Å². The number of carbonyl (C=O) groups excluding carboxylic acids is 3. The van der Waals surface area contributed by atoms with E-state index in [1.54, 1.807) is 56.4 Å². The number of anilines is 2. The number of piperidine rings is 3. The van der Waals surface area contributed by atoms with Crippen LogP contribution in [0.2, 0.25) is 0 Å². The number of halogens is 2. The van der Waals surface area contributed by atoms with E-state index in [9.17, 15) is 19.2 Å². The number of alkyl halides is 2. The summed E-state index contributed by atoms with van der Waals surface area (Å²) in [5.74, 6) is 1.13. The number of carbonyl (C=O) groups is 3. The lowest BCUT2D eigenvalue weighted by molar-refractivity contribution is -0.135. The molecule has 0 spiro atoms. The van der Waals surface area contributed by atoms with E-state index in [0.29, 0.717) is 66.4 Å². The first-order valence-corrected chi connectivity index (χ1v) is 24.5. The molecule has 0 saturated carbocycles. The molecular formula is C51H59F2N11O5. The van der Waals surface area contributed by atoms with Crippen LogP contribution in [0.25, 0.3) is 27.8 Å². The second kappa shape index (κ2) is 18.2. The standard InChI is InChI=1S/C51H59F2N11O5/c1-31(65)60-21-14-40-39(29-60)49(62-16-4-5-34-24-36(38(48(52)53)25-43(34)62)37-26-46-54-15-22-61(46)30-45(37)69-3)56-64(40)35-12-19-59(20-13-35)27-32-10-17-58(18-11-32)28-33-6-7-41-44(23-33)57(2)51(68)63(41)42-8-9-47(66)55-50(42)67/h6-7,15,22-26,30,32,35,42,48H,4-5,8-14,16-21,27-29H2,1-3H3,(H,55,66,67). The molecule has 1 N–H and O–H groups in total. The van der Waals surface area contributed by atoms with Crippen LogP contribution >= 0.6 is 0 Å². The molecular weight excluding hydrogens is 885 g/mol. The fourth-order valence-electron chi connectivity index (χ4n) is 11.8. The summed E-state index contributed by atoms with van der Waals surface area (Å²) in [7, 11) is 3.28. The van der Waals surface area contributed by atoms with Crippen molar-refractivity contribution in [2.75, 3.05) is 57.8 Å². The maximum absolute atomic E-state index is 15.2. The molecule has 5 aliphatic heterocycles. The highest BCUT2D eigenvalue weighted by Crippen LogP contribution is 2.45. The molecule has 362 valence electrons. The lowest BCUT2D eigenvalue weighted by Crippen LogP contribution is -2.44. The first-order chi connectivity index (χ1) is 33.4. The van der Waals surface area contributed by atoms with Crippen LogP contribution in [-0.4, -0.2) is 114 Å². The molecule has 0 aliphatic carbocycles. The molecule has 1 atom stereocenters. The van der Waals surface area contributed by atoms with Crippen LogP contribution in [0.1, 0.15) is 98.3 Å². The fraction of sp³-hybridized carbons (Fsp3) is 0.490. The topological polar surface area (TPSA) is 147 Å². The molecule has 3 fully saturated rings. The Kier molecular flexibility index (Phi) is 11.9. The van der Waals surface area contributed by atoms with E-state index < -0.39 is 18.4 Å². The normalized spacial score (nSPS) is 20.0. The van der Waals surface area contributed by atoms with Gasteiger partial charge >= 0.3 is 5.69 Å². The number of hydrogen-bond acceptors (Lipinski definition) is 10. The molecule has 5 aliphatic rings. The van der Waals surface area contributed by atoms with Gasteiger partial charge in [0.25, 0.3) is 6.43 Å². The smallest absolute Gasteiger partial charge is 0.329 e. The summed E-state index contributed by atoms with van der Waals surface area (Å²) in [6.45, 7) is 9.05. The number of aromatic nitrogens is 6. The van der Waals surface area contributed by atoms with Crippen LogP contribution in [0.3, 0.4) is 0 Å². The Bertz CT molecular complexity index is 3050. The highest BCUT2D eigenvalue weighted by Gasteiger charge is 2.36. The number of fused-ring (bicyclic) bond motifs is 4. The van der Waals surface area contributed by atoms with Gasteiger partial charge in [0, 0.05) is 107 Å². The van der Waals surface area contributed by atoms with Crippen LogP contribution in [0.15, 0.2) is 59.8 Å². The van der Waals surface area contributed by atoms with Crippen molar-refractivity contribution in [1.82, 2.24) is 48.3 Å². The SMILES string of the molecule is COc1cn2ccnc2cc1-c1cc2c(cc1C(F)F)N(c1nn(C3CCN(CC4CCN(Cc5ccc6c(c5)n(C)c(=O)n6C5CCC(=O)NC5=O)CC4)CC3)c3c1CN(C(C)=O)CC3)CCC2. The Morgan fingerprint density at radius 2 is 1.70 bits per heavy atom. The molecule has 4 aromatic heterocycles. The summed E-state index contributed by atoms with van der Waals surface area (Å²) in [5, 5.41) is 7.78. The van der Waals surface area contributed by atoms with Gasteiger partial charge in [0.1, 0.15) is 17.4 Å². The molecule has 9 heterocycles. The molecule has 0 bridgehead atoms. The number of nitrogens with one attached hydrogen (secondary N) is 1. The van der Waals surface area contributed by atoms with E-state index in [0.717, 1.165) is 117 Å². The van der Waals surface area contributed by atoms with Crippen LogP contribution in [-0.2, 0) is 47.4 Å². The van der Waals surface area contributed by atoms with E-state index in [4.69, 9.17) is 9.84 Å². The van der Waals surface area contributed by atoms with Crippen LogP contribution < -0.4 is 20.6 Å². The maximum Gasteiger partial charge on any atom is 0.329 e. The van der Waals surface area contributed by atoms with Crippen molar-refractivity contribution in [1.29, 1.82) is 0 Å². The number of hydrogen-bond donors (Lipinski definition) is 1. The number of amides is 3. The van der Waals surface area contributed by atoms with E-state index >= 15 is 8.78 Å².